The van der Waals surface area contributed by atoms with E-state index in [1.165, 1.54) is 0 Å². The fraction of sp³-hybridized carbons (Fsp3) is 0.500. The Morgan fingerprint density at radius 1 is 1.08 bits per heavy atom. The first-order valence-corrected chi connectivity index (χ1v) is 8.36. The number of hydrogen-bond donors (Lipinski definition) is 2. The summed E-state index contributed by atoms with van der Waals surface area (Å²) in [5.41, 5.74) is 0.447. The molecule has 0 saturated heterocycles. The topological polar surface area (TPSA) is 86.7 Å². The first-order chi connectivity index (χ1) is 11.5. The molecular formula is C18H26N2NaO4. The zero-order valence-electron chi connectivity index (χ0n) is 15.3. The number of nitrogens with one attached hydrogen (secondary N) is 1. The van der Waals surface area contributed by atoms with Gasteiger partial charge in [-0.15, -0.1) is 0 Å². The number of amides is 2. The second-order valence-electron chi connectivity index (χ2n) is 5.65. The van der Waals surface area contributed by atoms with E-state index in [1.54, 1.807) is 35.2 Å². The number of benzene rings is 1. The zero-order chi connectivity index (χ0) is 17.9. The molecule has 0 spiro atoms. The van der Waals surface area contributed by atoms with Crippen LogP contribution >= 0.6 is 0 Å². The van der Waals surface area contributed by atoms with Crippen molar-refractivity contribution in [3.05, 3.63) is 35.9 Å². The minimum atomic E-state index is -0.987. The van der Waals surface area contributed by atoms with Gasteiger partial charge in [-0.1, -0.05) is 32.0 Å². The number of carbonyl (C=O) groups is 3. The number of carbonyl (C=O) groups excluding carboxylic acids is 2. The van der Waals surface area contributed by atoms with Crippen molar-refractivity contribution in [1.82, 2.24) is 10.2 Å². The maximum absolute atomic E-state index is 12.7. The Hall–Kier alpha value is -1.37. The number of nitrogens with zero attached hydrogens (tertiary/aromatic N) is 1. The first kappa shape index (κ1) is 23.6. The molecule has 25 heavy (non-hydrogen) atoms. The van der Waals surface area contributed by atoms with Crippen LogP contribution in [0, 0.1) is 0 Å². The molecule has 2 N–H and O–H groups in total. The third-order valence-corrected chi connectivity index (χ3v) is 3.58. The Bertz CT molecular complexity index is 545. The number of carboxylic acids is 1. The van der Waals surface area contributed by atoms with E-state index in [0.29, 0.717) is 18.7 Å². The van der Waals surface area contributed by atoms with Crippen molar-refractivity contribution >= 4 is 47.3 Å². The SMILES string of the molecule is CCCN(CCC)C(=O)C(CCC(=O)O)NC(=O)c1ccccc1.[Na]. The van der Waals surface area contributed by atoms with E-state index in [2.05, 4.69) is 5.32 Å². The number of rotatable bonds is 10. The van der Waals surface area contributed by atoms with Crippen molar-refractivity contribution in [2.45, 2.75) is 45.6 Å². The molecule has 0 aliphatic carbocycles. The molecule has 0 aromatic heterocycles. The molecule has 0 bridgehead atoms. The molecule has 0 aliphatic heterocycles. The molecule has 1 rings (SSSR count). The predicted molar refractivity (Wildman–Crippen MR) is 97.5 cm³/mol. The summed E-state index contributed by atoms with van der Waals surface area (Å²) in [4.78, 5) is 37.6. The van der Waals surface area contributed by atoms with Crippen LogP contribution in [0.3, 0.4) is 0 Å². The van der Waals surface area contributed by atoms with Crippen LogP contribution in [0.15, 0.2) is 30.3 Å². The summed E-state index contributed by atoms with van der Waals surface area (Å²) in [7, 11) is 0. The first-order valence-electron chi connectivity index (χ1n) is 8.36. The average molecular weight is 357 g/mol. The fourth-order valence-corrected chi connectivity index (χ4v) is 2.45. The van der Waals surface area contributed by atoms with Gasteiger partial charge in [0.15, 0.2) is 0 Å². The van der Waals surface area contributed by atoms with Crippen LogP contribution in [0.25, 0.3) is 0 Å². The van der Waals surface area contributed by atoms with E-state index >= 15 is 0 Å². The van der Waals surface area contributed by atoms with Gasteiger partial charge in [-0.2, -0.15) is 0 Å². The maximum Gasteiger partial charge on any atom is 0.303 e. The molecule has 1 aromatic rings. The molecule has 133 valence electrons. The second-order valence-corrected chi connectivity index (χ2v) is 5.65. The average Bonchev–Trinajstić information content (AvgIpc) is 2.58. The summed E-state index contributed by atoms with van der Waals surface area (Å²) >= 11 is 0. The van der Waals surface area contributed by atoms with Crippen molar-refractivity contribution in [1.29, 1.82) is 0 Å². The van der Waals surface area contributed by atoms with E-state index in [1.807, 2.05) is 13.8 Å². The number of carboxylic acid groups (broad SMARTS) is 1. The summed E-state index contributed by atoms with van der Waals surface area (Å²) in [5, 5.41) is 11.6. The van der Waals surface area contributed by atoms with Crippen molar-refractivity contribution in [3.8, 4) is 0 Å². The molecule has 1 radical (unpaired) electrons. The largest absolute Gasteiger partial charge is 0.481 e. The van der Waals surface area contributed by atoms with Crippen LogP contribution in [-0.2, 0) is 9.59 Å². The molecule has 2 amide bonds. The normalized spacial score (nSPS) is 11.1. The van der Waals surface area contributed by atoms with E-state index in [-0.39, 0.29) is 54.2 Å². The molecule has 0 aliphatic rings. The Labute approximate surface area is 171 Å². The fourth-order valence-electron chi connectivity index (χ4n) is 2.45. The molecule has 6 nitrogen and oxygen atoms in total. The standard InChI is InChI=1S/C18H26N2O4.Na/c1-3-12-20(13-4-2)18(24)15(10-11-16(21)22)19-17(23)14-8-6-5-7-9-14;/h5-9,15H,3-4,10-13H2,1-2H3,(H,19,23)(H,21,22);. The van der Waals surface area contributed by atoms with Crippen LogP contribution in [0.5, 0.6) is 0 Å². The van der Waals surface area contributed by atoms with E-state index in [9.17, 15) is 14.4 Å². The minimum Gasteiger partial charge on any atom is -0.481 e. The number of hydrogen-bond acceptors (Lipinski definition) is 3. The predicted octanol–water partition coefficient (Wildman–Crippen LogP) is 1.92. The van der Waals surface area contributed by atoms with Crippen LogP contribution in [0.2, 0.25) is 0 Å². The van der Waals surface area contributed by atoms with E-state index in [0.717, 1.165) is 12.8 Å². The van der Waals surface area contributed by atoms with Crippen molar-refractivity contribution in [2.24, 2.45) is 0 Å². The van der Waals surface area contributed by atoms with E-state index < -0.39 is 12.0 Å². The van der Waals surface area contributed by atoms with Gasteiger partial charge in [0.2, 0.25) is 5.91 Å². The zero-order valence-corrected chi connectivity index (χ0v) is 17.3. The van der Waals surface area contributed by atoms with Crippen LogP contribution in [0.1, 0.15) is 49.9 Å². The summed E-state index contributed by atoms with van der Waals surface area (Å²) in [6, 6.07) is 7.77. The van der Waals surface area contributed by atoms with Gasteiger partial charge in [-0.3, -0.25) is 14.4 Å². The Balaban J connectivity index is 0.00000576. The molecule has 1 aromatic carbocycles. The van der Waals surface area contributed by atoms with Crippen LogP contribution in [0.4, 0.5) is 0 Å². The third-order valence-electron chi connectivity index (χ3n) is 3.58. The molecule has 1 unspecified atom stereocenters. The Morgan fingerprint density at radius 3 is 2.12 bits per heavy atom. The maximum atomic E-state index is 12.7. The van der Waals surface area contributed by atoms with Gasteiger partial charge in [-0.25, -0.2) is 0 Å². The van der Waals surface area contributed by atoms with Crippen molar-refractivity contribution < 1.29 is 19.5 Å². The summed E-state index contributed by atoms with van der Waals surface area (Å²) < 4.78 is 0. The van der Waals surface area contributed by atoms with Crippen LogP contribution < -0.4 is 5.32 Å². The van der Waals surface area contributed by atoms with Crippen molar-refractivity contribution in [2.75, 3.05) is 13.1 Å². The summed E-state index contributed by atoms with van der Waals surface area (Å²) in [5.74, 6) is -1.57. The quantitative estimate of drug-likeness (QED) is 0.627. The summed E-state index contributed by atoms with van der Waals surface area (Å²) in [6.07, 6.45) is 1.53. The van der Waals surface area contributed by atoms with Gasteiger partial charge in [0.1, 0.15) is 6.04 Å². The van der Waals surface area contributed by atoms with E-state index in [4.69, 9.17) is 5.11 Å². The smallest absolute Gasteiger partial charge is 0.303 e. The molecule has 0 heterocycles. The van der Waals surface area contributed by atoms with Crippen molar-refractivity contribution in [3.63, 3.8) is 0 Å². The van der Waals surface area contributed by atoms with Gasteiger partial charge in [-0.05, 0) is 31.4 Å². The second kappa shape index (κ2) is 12.9. The third kappa shape index (κ3) is 8.52. The summed E-state index contributed by atoms with van der Waals surface area (Å²) in [6.45, 7) is 5.14. The molecule has 0 saturated carbocycles. The minimum absolute atomic E-state index is 0. The van der Waals surface area contributed by atoms with Gasteiger partial charge < -0.3 is 15.3 Å². The van der Waals surface area contributed by atoms with Gasteiger partial charge >= 0.3 is 5.97 Å². The van der Waals surface area contributed by atoms with Crippen LogP contribution in [-0.4, -0.2) is 76.5 Å². The van der Waals surface area contributed by atoms with Gasteiger partial charge in [0.05, 0.1) is 0 Å². The number of aliphatic carboxylic acids is 1. The molecular weight excluding hydrogens is 331 g/mol. The Kier molecular flexibility index (Phi) is 12.2. The van der Waals surface area contributed by atoms with Gasteiger partial charge in [0, 0.05) is 54.6 Å². The molecule has 7 heteroatoms. The van der Waals surface area contributed by atoms with Gasteiger partial charge in [0.25, 0.3) is 5.91 Å². The Morgan fingerprint density at radius 2 is 1.64 bits per heavy atom. The molecule has 0 fully saturated rings. The molecule has 1 atom stereocenters. The monoisotopic (exact) mass is 357 g/mol.